The molecule has 1 heterocycles. The van der Waals surface area contributed by atoms with Gasteiger partial charge in [-0.2, -0.15) is 5.10 Å². The molecule has 0 saturated heterocycles. The topological polar surface area (TPSA) is 72.9 Å². The number of hydrogen-bond donors (Lipinski definition) is 2. The summed E-state index contributed by atoms with van der Waals surface area (Å²) in [5.74, 6) is 0.459. The number of amides is 1. The third kappa shape index (κ3) is 2.21. The van der Waals surface area contributed by atoms with Crippen LogP contribution in [0.1, 0.15) is 49.8 Å². The van der Waals surface area contributed by atoms with E-state index in [1.807, 2.05) is 6.92 Å². The van der Waals surface area contributed by atoms with Crippen molar-refractivity contribution < 1.29 is 4.79 Å². The highest BCUT2D eigenvalue weighted by atomic mass is 16.2. The zero-order valence-electron chi connectivity index (χ0n) is 11.6. The molecule has 0 atom stereocenters. The quantitative estimate of drug-likeness (QED) is 0.850. The van der Waals surface area contributed by atoms with Crippen LogP contribution in [0, 0.1) is 5.92 Å². The average Bonchev–Trinajstić information content (AvgIpc) is 3.05. The molecule has 0 aromatic carbocycles. The first-order valence-electron chi connectivity index (χ1n) is 6.50. The van der Waals surface area contributed by atoms with Crippen molar-refractivity contribution >= 4 is 11.6 Å². The second-order valence-corrected chi connectivity index (χ2v) is 5.64. The Hall–Kier alpha value is -1.52. The third-order valence-corrected chi connectivity index (χ3v) is 3.74. The Morgan fingerprint density at radius 1 is 1.56 bits per heavy atom. The summed E-state index contributed by atoms with van der Waals surface area (Å²) in [6, 6.07) is 0. The van der Waals surface area contributed by atoms with Crippen molar-refractivity contribution in [3.63, 3.8) is 0 Å². The molecule has 1 fully saturated rings. The van der Waals surface area contributed by atoms with Crippen LogP contribution in [0.15, 0.2) is 0 Å². The van der Waals surface area contributed by atoms with Gasteiger partial charge in [0.1, 0.15) is 5.69 Å². The van der Waals surface area contributed by atoms with Gasteiger partial charge in [0.15, 0.2) is 0 Å². The first-order chi connectivity index (χ1) is 8.36. The molecule has 1 aliphatic carbocycles. The van der Waals surface area contributed by atoms with Gasteiger partial charge in [0.05, 0.1) is 11.4 Å². The first-order valence-corrected chi connectivity index (χ1v) is 6.50. The molecule has 18 heavy (non-hydrogen) atoms. The molecule has 1 aliphatic rings. The van der Waals surface area contributed by atoms with Crippen LogP contribution in [-0.4, -0.2) is 21.2 Å². The maximum absolute atomic E-state index is 12.3. The maximum Gasteiger partial charge on any atom is 0.272 e. The van der Waals surface area contributed by atoms with Crippen molar-refractivity contribution in [2.75, 3.05) is 5.73 Å². The van der Waals surface area contributed by atoms with Gasteiger partial charge in [-0.1, -0.05) is 6.92 Å². The number of carbonyl (C=O) groups is 1. The smallest absolute Gasteiger partial charge is 0.272 e. The molecule has 5 heteroatoms. The molecule has 100 valence electrons. The summed E-state index contributed by atoms with van der Waals surface area (Å²) in [7, 11) is 1.76. The van der Waals surface area contributed by atoms with E-state index in [0.29, 0.717) is 17.3 Å². The van der Waals surface area contributed by atoms with Gasteiger partial charge in [0.25, 0.3) is 5.91 Å². The lowest BCUT2D eigenvalue weighted by molar-refractivity contribution is 0.0894. The Kier molecular flexibility index (Phi) is 3.09. The van der Waals surface area contributed by atoms with E-state index in [1.165, 1.54) is 12.8 Å². The number of nitrogen functional groups attached to an aromatic ring is 1. The lowest BCUT2D eigenvalue weighted by Gasteiger charge is -2.26. The van der Waals surface area contributed by atoms with E-state index < -0.39 is 0 Å². The Morgan fingerprint density at radius 3 is 2.61 bits per heavy atom. The summed E-state index contributed by atoms with van der Waals surface area (Å²) in [6.45, 7) is 6.11. The van der Waals surface area contributed by atoms with Crippen molar-refractivity contribution in [1.29, 1.82) is 0 Å². The summed E-state index contributed by atoms with van der Waals surface area (Å²) in [5.41, 5.74) is 7.58. The number of rotatable bonds is 4. The maximum atomic E-state index is 12.3. The van der Waals surface area contributed by atoms with Gasteiger partial charge < -0.3 is 11.1 Å². The molecule has 2 rings (SSSR count). The zero-order chi connectivity index (χ0) is 13.5. The van der Waals surface area contributed by atoms with Crippen LogP contribution in [0.25, 0.3) is 0 Å². The number of nitrogens with one attached hydrogen (secondary N) is 1. The van der Waals surface area contributed by atoms with E-state index in [-0.39, 0.29) is 11.4 Å². The molecular weight excluding hydrogens is 228 g/mol. The molecule has 5 nitrogen and oxygen atoms in total. The molecule has 0 spiro atoms. The van der Waals surface area contributed by atoms with E-state index in [9.17, 15) is 4.79 Å². The van der Waals surface area contributed by atoms with Crippen molar-refractivity contribution in [1.82, 2.24) is 15.1 Å². The Balaban J connectivity index is 2.21. The minimum atomic E-state index is -0.166. The van der Waals surface area contributed by atoms with Crippen molar-refractivity contribution in [3.8, 4) is 0 Å². The summed E-state index contributed by atoms with van der Waals surface area (Å²) in [6.07, 6.45) is 3.11. The largest absolute Gasteiger partial charge is 0.395 e. The molecular formula is C13H22N4O. The fraction of sp³-hybridized carbons (Fsp3) is 0.692. The van der Waals surface area contributed by atoms with Crippen LogP contribution < -0.4 is 11.1 Å². The fourth-order valence-corrected chi connectivity index (χ4v) is 2.39. The predicted molar refractivity (Wildman–Crippen MR) is 71.3 cm³/mol. The van der Waals surface area contributed by atoms with Crippen LogP contribution in [0.3, 0.4) is 0 Å². The molecule has 0 radical (unpaired) electrons. The van der Waals surface area contributed by atoms with Gasteiger partial charge in [-0.25, -0.2) is 0 Å². The summed E-state index contributed by atoms with van der Waals surface area (Å²) in [4.78, 5) is 12.3. The van der Waals surface area contributed by atoms with E-state index in [2.05, 4.69) is 24.3 Å². The van der Waals surface area contributed by atoms with Crippen LogP contribution in [0.4, 0.5) is 5.69 Å². The summed E-state index contributed by atoms with van der Waals surface area (Å²) >= 11 is 0. The highest BCUT2D eigenvalue weighted by Gasteiger charge is 2.39. The highest BCUT2D eigenvalue weighted by Crippen LogP contribution is 2.39. The number of aromatic nitrogens is 2. The lowest BCUT2D eigenvalue weighted by atomic mass is 9.98. The number of nitrogens with two attached hydrogens (primary N) is 1. The minimum absolute atomic E-state index is 0.126. The normalized spacial score (nSPS) is 15.8. The fourth-order valence-electron chi connectivity index (χ4n) is 2.39. The van der Waals surface area contributed by atoms with Crippen molar-refractivity contribution in [2.24, 2.45) is 13.0 Å². The van der Waals surface area contributed by atoms with Gasteiger partial charge >= 0.3 is 0 Å². The summed E-state index contributed by atoms with van der Waals surface area (Å²) < 4.78 is 1.58. The van der Waals surface area contributed by atoms with E-state index in [4.69, 9.17) is 5.73 Å². The lowest BCUT2D eigenvalue weighted by Crippen LogP contribution is -2.45. The average molecular weight is 250 g/mol. The third-order valence-electron chi connectivity index (χ3n) is 3.74. The van der Waals surface area contributed by atoms with E-state index in [1.54, 1.807) is 11.7 Å². The van der Waals surface area contributed by atoms with Gasteiger partial charge in [-0.15, -0.1) is 0 Å². The number of nitrogens with zero attached hydrogens (tertiary/aromatic N) is 2. The van der Waals surface area contributed by atoms with Gasteiger partial charge in [-0.3, -0.25) is 9.48 Å². The SMILES string of the molecule is CCc1nn(C)c(C(=O)NC(C)(C)C2CC2)c1N. The van der Waals surface area contributed by atoms with Crippen molar-refractivity contribution in [3.05, 3.63) is 11.4 Å². The zero-order valence-corrected chi connectivity index (χ0v) is 11.6. The van der Waals surface area contributed by atoms with Crippen molar-refractivity contribution in [2.45, 2.75) is 45.6 Å². The molecule has 3 N–H and O–H groups in total. The van der Waals surface area contributed by atoms with Crippen LogP contribution in [0.5, 0.6) is 0 Å². The molecule has 0 bridgehead atoms. The minimum Gasteiger partial charge on any atom is -0.395 e. The van der Waals surface area contributed by atoms with E-state index in [0.717, 1.165) is 12.1 Å². The van der Waals surface area contributed by atoms with Crippen LogP contribution in [0.2, 0.25) is 0 Å². The molecule has 1 aromatic heterocycles. The number of carbonyl (C=O) groups excluding carboxylic acids is 1. The Morgan fingerprint density at radius 2 is 2.17 bits per heavy atom. The highest BCUT2D eigenvalue weighted by molar-refractivity contribution is 5.98. The number of hydrogen-bond acceptors (Lipinski definition) is 3. The summed E-state index contributed by atoms with van der Waals surface area (Å²) in [5, 5.41) is 7.34. The van der Waals surface area contributed by atoms with Crippen LogP contribution in [-0.2, 0) is 13.5 Å². The predicted octanol–water partition coefficient (Wildman–Crippen LogP) is 1.48. The molecule has 0 unspecified atom stereocenters. The van der Waals surface area contributed by atoms with Gasteiger partial charge in [0, 0.05) is 12.6 Å². The molecule has 1 aromatic rings. The van der Waals surface area contributed by atoms with Gasteiger partial charge in [-0.05, 0) is 39.0 Å². The van der Waals surface area contributed by atoms with E-state index >= 15 is 0 Å². The van der Waals surface area contributed by atoms with Crippen LogP contribution >= 0.6 is 0 Å². The Labute approximate surface area is 108 Å². The molecule has 0 aliphatic heterocycles. The van der Waals surface area contributed by atoms with Gasteiger partial charge in [0.2, 0.25) is 0 Å². The molecule has 1 saturated carbocycles. The monoisotopic (exact) mass is 250 g/mol. The molecule has 1 amide bonds. The number of anilines is 1. The second kappa shape index (κ2) is 4.30. The Bertz CT molecular complexity index is 472. The first kappa shape index (κ1) is 12.9. The number of aryl methyl sites for hydroxylation is 2. The second-order valence-electron chi connectivity index (χ2n) is 5.64. The standard InChI is InChI=1S/C13H22N4O/c1-5-9-10(14)11(17(4)16-9)12(18)15-13(2,3)8-6-7-8/h8H,5-7,14H2,1-4H3,(H,15,18).